The number of nitrogens with two attached hydrogens (primary N) is 1. The lowest BCUT2D eigenvalue weighted by Crippen LogP contribution is -2.38. The van der Waals surface area contributed by atoms with E-state index in [4.69, 9.17) is 11.0 Å². The quantitative estimate of drug-likeness (QED) is 0.485. The van der Waals surface area contributed by atoms with Crippen LogP contribution in [0.25, 0.3) is 0 Å². The molecule has 5 heteroatoms. The zero-order chi connectivity index (χ0) is 13.5. The van der Waals surface area contributed by atoms with Crippen molar-refractivity contribution in [3.05, 3.63) is 35.4 Å². The summed E-state index contributed by atoms with van der Waals surface area (Å²) in [5.41, 5.74) is 7.74. The first kappa shape index (κ1) is 16.8. The number of halogens is 1. The van der Waals surface area contributed by atoms with E-state index in [2.05, 4.69) is 16.0 Å². The first-order valence-corrected chi connectivity index (χ1v) is 6.83. The van der Waals surface area contributed by atoms with Gasteiger partial charge in [-0.1, -0.05) is 25.0 Å². The van der Waals surface area contributed by atoms with Gasteiger partial charge < -0.3 is 10.6 Å². The normalized spacial score (nSPS) is 15.9. The van der Waals surface area contributed by atoms with Gasteiger partial charge in [0.25, 0.3) is 0 Å². The van der Waals surface area contributed by atoms with E-state index < -0.39 is 0 Å². The molecule has 1 aliphatic heterocycles. The number of hydrogen-bond acceptors (Lipinski definition) is 2. The van der Waals surface area contributed by atoms with Crippen LogP contribution in [0.3, 0.4) is 0 Å². The van der Waals surface area contributed by atoms with Crippen molar-refractivity contribution in [1.29, 1.82) is 5.26 Å². The molecule has 0 atom stereocenters. The van der Waals surface area contributed by atoms with Gasteiger partial charge in [0.05, 0.1) is 18.2 Å². The molecule has 0 spiro atoms. The van der Waals surface area contributed by atoms with Crippen LogP contribution in [0.5, 0.6) is 0 Å². The van der Waals surface area contributed by atoms with Gasteiger partial charge in [-0.25, -0.2) is 4.99 Å². The highest BCUT2D eigenvalue weighted by Crippen LogP contribution is 2.10. The number of hydrogen-bond donors (Lipinski definition) is 1. The fourth-order valence-electron chi connectivity index (χ4n) is 2.31. The molecule has 1 aliphatic rings. The topological polar surface area (TPSA) is 65.4 Å². The molecule has 0 bridgehead atoms. The Labute approximate surface area is 137 Å². The predicted molar refractivity (Wildman–Crippen MR) is 91.9 cm³/mol. The van der Waals surface area contributed by atoms with Crippen LogP contribution < -0.4 is 5.73 Å². The van der Waals surface area contributed by atoms with Gasteiger partial charge in [-0.2, -0.15) is 5.26 Å². The summed E-state index contributed by atoms with van der Waals surface area (Å²) in [5, 5.41) is 8.86. The molecule has 0 saturated carbocycles. The highest BCUT2D eigenvalue weighted by molar-refractivity contribution is 14.0. The lowest BCUT2D eigenvalue weighted by molar-refractivity contribution is 0.428. The molecule has 0 aliphatic carbocycles. The highest BCUT2D eigenvalue weighted by Gasteiger charge is 2.10. The minimum atomic E-state index is 0. The van der Waals surface area contributed by atoms with Gasteiger partial charge in [-0.3, -0.25) is 0 Å². The number of likely N-dealkylation sites (tertiary alicyclic amines) is 1. The fraction of sp³-hybridized carbons (Fsp3) is 0.467. The van der Waals surface area contributed by atoms with Gasteiger partial charge in [0.1, 0.15) is 0 Å². The maximum atomic E-state index is 8.86. The molecule has 1 heterocycles. The van der Waals surface area contributed by atoms with E-state index in [1.54, 1.807) is 6.07 Å². The third kappa shape index (κ3) is 5.00. The highest BCUT2D eigenvalue weighted by atomic mass is 127. The van der Waals surface area contributed by atoms with E-state index in [1.807, 2.05) is 18.2 Å². The van der Waals surface area contributed by atoms with E-state index in [-0.39, 0.29) is 24.0 Å². The molecule has 20 heavy (non-hydrogen) atoms. The number of benzene rings is 1. The summed E-state index contributed by atoms with van der Waals surface area (Å²) in [4.78, 5) is 6.61. The first-order chi connectivity index (χ1) is 9.29. The average molecular weight is 384 g/mol. The molecular weight excluding hydrogens is 363 g/mol. The Morgan fingerprint density at radius 3 is 2.60 bits per heavy atom. The van der Waals surface area contributed by atoms with Crippen molar-refractivity contribution in [1.82, 2.24) is 4.90 Å². The van der Waals surface area contributed by atoms with E-state index in [0.717, 1.165) is 18.7 Å². The van der Waals surface area contributed by atoms with Gasteiger partial charge in [-0.05, 0) is 30.5 Å². The molecule has 0 aromatic heterocycles. The zero-order valence-electron chi connectivity index (χ0n) is 11.6. The molecule has 1 fully saturated rings. The minimum absolute atomic E-state index is 0. The van der Waals surface area contributed by atoms with Crippen LogP contribution in [0.1, 0.15) is 36.8 Å². The molecule has 1 aromatic carbocycles. The maximum absolute atomic E-state index is 8.86. The molecule has 4 nitrogen and oxygen atoms in total. The Kier molecular flexibility index (Phi) is 7.37. The number of rotatable bonds is 2. The van der Waals surface area contributed by atoms with Crippen LogP contribution in [0.2, 0.25) is 0 Å². The molecular formula is C15H21IN4. The number of nitriles is 1. The van der Waals surface area contributed by atoms with Crippen LogP contribution in [-0.2, 0) is 6.54 Å². The Morgan fingerprint density at radius 2 is 1.95 bits per heavy atom. The Morgan fingerprint density at radius 1 is 1.25 bits per heavy atom. The Hall–Kier alpha value is -1.29. The number of nitrogens with zero attached hydrogens (tertiary/aromatic N) is 3. The second kappa shape index (κ2) is 8.80. The SMILES string of the molecule is I.N#Cc1cccc(CN=C(N)N2CCCCCC2)c1. The number of guanidine groups is 1. The van der Waals surface area contributed by atoms with E-state index in [0.29, 0.717) is 18.1 Å². The summed E-state index contributed by atoms with van der Waals surface area (Å²) in [6, 6.07) is 9.65. The first-order valence-electron chi connectivity index (χ1n) is 6.83. The second-order valence-corrected chi connectivity index (χ2v) is 4.89. The fourth-order valence-corrected chi connectivity index (χ4v) is 2.31. The lowest BCUT2D eigenvalue weighted by atomic mass is 10.1. The Balaban J connectivity index is 0.00000200. The van der Waals surface area contributed by atoms with Crippen molar-refractivity contribution in [3.63, 3.8) is 0 Å². The smallest absolute Gasteiger partial charge is 0.191 e. The molecule has 0 radical (unpaired) electrons. The summed E-state index contributed by atoms with van der Waals surface area (Å²) in [5.74, 6) is 0.629. The molecule has 0 amide bonds. The third-order valence-electron chi connectivity index (χ3n) is 3.41. The van der Waals surface area contributed by atoms with E-state index in [9.17, 15) is 0 Å². The lowest BCUT2D eigenvalue weighted by Gasteiger charge is -2.21. The van der Waals surface area contributed by atoms with Crippen molar-refractivity contribution in [3.8, 4) is 6.07 Å². The van der Waals surface area contributed by atoms with Crippen molar-refractivity contribution in [2.75, 3.05) is 13.1 Å². The van der Waals surface area contributed by atoms with Gasteiger partial charge in [0.15, 0.2) is 5.96 Å². The zero-order valence-corrected chi connectivity index (χ0v) is 13.9. The molecule has 108 valence electrons. The predicted octanol–water partition coefficient (Wildman–Crippen LogP) is 2.87. The monoisotopic (exact) mass is 384 g/mol. The molecule has 1 saturated heterocycles. The third-order valence-corrected chi connectivity index (χ3v) is 3.41. The average Bonchev–Trinajstić information content (AvgIpc) is 2.74. The summed E-state index contributed by atoms with van der Waals surface area (Å²) < 4.78 is 0. The van der Waals surface area contributed by atoms with Crippen molar-refractivity contribution in [2.45, 2.75) is 32.2 Å². The molecule has 0 unspecified atom stereocenters. The second-order valence-electron chi connectivity index (χ2n) is 4.89. The molecule has 2 N–H and O–H groups in total. The van der Waals surface area contributed by atoms with Gasteiger partial charge in [0, 0.05) is 13.1 Å². The van der Waals surface area contributed by atoms with E-state index in [1.165, 1.54) is 25.7 Å². The standard InChI is InChI=1S/C15H20N4.HI/c16-11-13-6-5-7-14(10-13)12-18-15(17)19-8-3-1-2-4-9-19;/h5-7,10H,1-4,8-9,12H2,(H2,17,18);1H. The summed E-state index contributed by atoms with van der Waals surface area (Å²) in [6.45, 7) is 2.55. The molecule has 1 aromatic rings. The summed E-state index contributed by atoms with van der Waals surface area (Å²) >= 11 is 0. The van der Waals surface area contributed by atoms with Crippen LogP contribution in [0, 0.1) is 11.3 Å². The van der Waals surface area contributed by atoms with Crippen molar-refractivity contribution in [2.24, 2.45) is 10.7 Å². The van der Waals surface area contributed by atoms with Crippen LogP contribution >= 0.6 is 24.0 Å². The van der Waals surface area contributed by atoms with E-state index >= 15 is 0 Å². The van der Waals surface area contributed by atoms with Crippen LogP contribution in [-0.4, -0.2) is 23.9 Å². The van der Waals surface area contributed by atoms with Gasteiger partial charge in [0.2, 0.25) is 0 Å². The summed E-state index contributed by atoms with van der Waals surface area (Å²) in [6.07, 6.45) is 4.96. The largest absolute Gasteiger partial charge is 0.370 e. The van der Waals surface area contributed by atoms with Gasteiger partial charge >= 0.3 is 0 Å². The minimum Gasteiger partial charge on any atom is -0.370 e. The van der Waals surface area contributed by atoms with Crippen LogP contribution in [0.15, 0.2) is 29.3 Å². The summed E-state index contributed by atoms with van der Waals surface area (Å²) in [7, 11) is 0. The van der Waals surface area contributed by atoms with Gasteiger partial charge in [-0.15, -0.1) is 24.0 Å². The van der Waals surface area contributed by atoms with Crippen LogP contribution in [0.4, 0.5) is 0 Å². The maximum Gasteiger partial charge on any atom is 0.191 e. The Bertz CT molecular complexity index is 485. The molecule has 2 rings (SSSR count). The van der Waals surface area contributed by atoms with Crippen molar-refractivity contribution < 1.29 is 0 Å². The number of aliphatic imine (C=N–C) groups is 1. The van der Waals surface area contributed by atoms with Crippen molar-refractivity contribution >= 4 is 29.9 Å².